The van der Waals surface area contributed by atoms with Gasteiger partial charge in [-0.1, -0.05) is 19.3 Å². The predicted molar refractivity (Wildman–Crippen MR) is 125 cm³/mol. The van der Waals surface area contributed by atoms with Gasteiger partial charge in [0.1, 0.15) is 11.4 Å². The van der Waals surface area contributed by atoms with Crippen molar-refractivity contribution in [3.63, 3.8) is 0 Å². The van der Waals surface area contributed by atoms with Crippen molar-refractivity contribution >= 4 is 27.3 Å². The standard InChI is InChI=1S/C23H31N3O4S2/c1-30-19-7-9-20(10-8-19)32(28,29)26-13-11-18(12-14-26)23-25-21(16-31-23)22(27)24-15-17-5-3-2-4-6-17/h7-10,16-18H,2-6,11-15H2,1H3,(H,24,27). The van der Waals surface area contributed by atoms with Crippen molar-refractivity contribution in [1.82, 2.24) is 14.6 Å². The molecule has 1 saturated heterocycles. The zero-order valence-electron chi connectivity index (χ0n) is 18.5. The fourth-order valence-corrected chi connectivity index (χ4v) is 6.98. The van der Waals surface area contributed by atoms with Gasteiger partial charge in [0.05, 0.1) is 17.0 Å². The highest BCUT2D eigenvalue weighted by Crippen LogP contribution is 2.33. The van der Waals surface area contributed by atoms with Crippen LogP contribution in [0.5, 0.6) is 5.75 Å². The number of hydrogen-bond donors (Lipinski definition) is 1. The molecule has 7 nitrogen and oxygen atoms in total. The topological polar surface area (TPSA) is 88.6 Å². The molecule has 0 radical (unpaired) electrons. The number of benzene rings is 1. The van der Waals surface area contributed by atoms with Gasteiger partial charge < -0.3 is 10.1 Å². The molecule has 9 heteroatoms. The van der Waals surface area contributed by atoms with Crippen LogP contribution >= 0.6 is 11.3 Å². The average Bonchev–Trinajstić information content (AvgIpc) is 3.34. The summed E-state index contributed by atoms with van der Waals surface area (Å²) >= 11 is 1.50. The quantitative estimate of drug-likeness (QED) is 0.650. The highest BCUT2D eigenvalue weighted by Gasteiger charge is 2.31. The van der Waals surface area contributed by atoms with Crippen molar-refractivity contribution in [2.45, 2.75) is 55.8 Å². The number of aromatic nitrogens is 1. The minimum Gasteiger partial charge on any atom is -0.497 e. The van der Waals surface area contributed by atoms with E-state index in [1.165, 1.54) is 47.7 Å². The second-order valence-corrected chi connectivity index (χ2v) is 11.5. The zero-order chi connectivity index (χ0) is 22.6. The van der Waals surface area contributed by atoms with Gasteiger partial charge >= 0.3 is 0 Å². The third kappa shape index (κ3) is 5.32. The van der Waals surface area contributed by atoms with Gasteiger partial charge in [0.25, 0.3) is 5.91 Å². The molecule has 2 aromatic rings. The van der Waals surface area contributed by atoms with Crippen LogP contribution in [0.3, 0.4) is 0 Å². The Morgan fingerprint density at radius 3 is 2.47 bits per heavy atom. The first kappa shape index (κ1) is 23.2. The second-order valence-electron chi connectivity index (χ2n) is 8.64. The number of carbonyl (C=O) groups excluding carboxylic acids is 1. The molecule has 0 unspecified atom stereocenters. The summed E-state index contributed by atoms with van der Waals surface area (Å²) in [5, 5.41) is 5.80. The van der Waals surface area contributed by atoms with Crippen molar-refractivity contribution in [3.05, 3.63) is 40.3 Å². The number of amides is 1. The van der Waals surface area contributed by atoms with Gasteiger partial charge in [0, 0.05) is 30.9 Å². The van der Waals surface area contributed by atoms with Crippen molar-refractivity contribution in [3.8, 4) is 5.75 Å². The molecule has 2 heterocycles. The lowest BCUT2D eigenvalue weighted by Crippen LogP contribution is -2.37. The summed E-state index contributed by atoms with van der Waals surface area (Å²) in [4.78, 5) is 17.4. The molecule has 1 aromatic heterocycles. The van der Waals surface area contributed by atoms with Crippen molar-refractivity contribution < 1.29 is 17.9 Å². The van der Waals surface area contributed by atoms with Crippen LogP contribution in [0.15, 0.2) is 34.5 Å². The molecule has 2 fully saturated rings. The Morgan fingerprint density at radius 2 is 1.81 bits per heavy atom. The Labute approximate surface area is 194 Å². The van der Waals surface area contributed by atoms with E-state index < -0.39 is 10.0 Å². The van der Waals surface area contributed by atoms with E-state index in [9.17, 15) is 13.2 Å². The highest BCUT2D eigenvalue weighted by molar-refractivity contribution is 7.89. The predicted octanol–water partition coefficient (Wildman–Crippen LogP) is 4.03. The third-order valence-electron chi connectivity index (χ3n) is 6.53. The molecule has 1 saturated carbocycles. The number of thiazole rings is 1. The highest BCUT2D eigenvalue weighted by atomic mass is 32.2. The van der Waals surface area contributed by atoms with E-state index >= 15 is 0 Å². The summed E-state index contributed by atoms with van der Waals surface area (Å²) in [6.45, 7) is 1.62. The van der Waals surface area contributed by atoms with Gasteiger partial charge in [0.15, 0.2) is 0 Å². The van der Waals surface area contributed by atoms with E-state index in [-0.39, 0.29) is 16.7 Å². The van der Waals surface area contributed by atoms with E-state index in [1.54, 1.807) is 31.4 Å². The van der Waals surface area contributed by atoms with E-state index in [2.05, 4.69) is 10.3 Å². The molecule has 1 amide bonds. The number of carbonyl (C=O) groups is 1. The first-order chi connectivity index (χ1) is 15.5. The fraction of sp³-hybridized carbons (Fsp3) is 0.565. The number of piperidine rings is 1. The number of hydrogen-bond acceptors (Lipinski definition) is 6. The molecule has 32 heavy (non-hydrogen) atoms. The molecule has 0 atom stereocenters. The maximum Gasteiger partial charge on any atom is 0.270 e. The number of nitrogens with one attached hydrogen (secondary N) is 1. The zero-order valence-corrected chi connectivity index (χ0v) is 20.1. The minimum atomic E-state index is -3.52. The van der Waals surface area contributed by atoms with Crippen LogP contribution in [0.25, 0.3) is 0 Å². The number of methoxy groups -OCH3 is 1. The van der Waals surface area contributed by atoms with E-state index in [4.69, 9.17) is 4.74 Å². The molecule has 4 rings (SSSR count). The van der Waals surface area contributed by atoms with Crippen LogP contribution < -0.4 is 10.1 Å². The summed E-state index contributed by atoms with van der Waals surface area (Å²) in [6, 6.07) is 6.49. The van der Waals surface area contributed by atoms with E-state index in [0.717, 1.165) is 11.6 Å². The van der Waals surface area contributed by atoms with E-state index in [1.807, 2.05) is 5.38 Å². The lowest BCUT2D eigenvalue weighted by molar-refractivity contribution is 0.0939. The van der Waals surface area contributed by atoms with Gasteiger partial charge in [-0.05, 0) is 55.9 Å². The maximum atomic E-state index is 12.9. The molecular formula is C23H31N3O4S2. The lowest BCUT2D eigenvalue weighted by Gasteiger charge is -2.30. The lowest BCUT2D eigenvalue weighted by atomic mass is 9.89. The number of ether oxygens (including phenoxy) is 1. The van der Waals surface area contributed by atoms with Crippen molar-refractivity contribution in [2.75, 3.05) is 26.7 Å². The van der Waals surface area contributed by atoms with Crippen LogP contribution in [0.2, 0.25) is 0 Å². The molecule has 1 aromatic carbocycles. The van der Waals surface area contributed by atoms with Crippen molar-refractivity contribution in [2.24, 2.45) is 5.92 Å². The largest absolute Gasteiger partial charge is 0.497 e. The number of rotatable bonds is 7. The van der Waals surface area contributed by atoms with E-state index in [0.29, 0.717) is 43.3 Å². The van der Waals surface area contributed by atoms with Gasteiger partial charge in [-0.25, -0.2) is 13.4 Å². The molecule has 0 spiro atoms. The Balaban J connectivity index is 1.31. The summed E-state index contributed by atoms with van der Waals surface area (Å²) in [5.74, 6) is 1.30. The molecule has 1 N–H and O–H groups in total. The SMILES string of the molecule is COc1ccc(S(=O)(=O)N2CCC(c3nc(C(=O)NCC4CCCCC4)cs3)CC2)cc1. The molecule has 1 aliphatic carbocycles. The molecular weight excluding hydrogens is 446 g/mol. The molecule has 174 valence electrons. The fourth-order valence-electron chi connectivity index (χ4n) is 4.54. The van der Waals surface area contributed by atoms with Crippen LogP contribution in [0.1, 0.15) is 66.4 Å². The van der Waals surface area contributed by atoms with Crippen molar-refractivity contribution in [1.29, 1.82) is 0 Å². The summed E-state index contributed by atoms with van der Waals surface area (Å²) in [6.07, 6.45) is 7.61. The summed E-state index contributed by atoms with van der Waals surface area (Å²) in [5.41, 5.74) is 0.481. The van der Waals surface area contributed by atoms with Crippen LogP contribution in [0, 0.1) is 5.92 Å². The normalized spacial score (nSPS) is 19.0. The van der Waals surface area contributed by atoms with Gasteiger partial charge in [-0.2, -0.15) is 4.31 Å². The van der Waals surface area contributed by atoms with Crippen LogP contribution in [-0.4, -0.2) is 50.4 Å². The third-order valence-corrected chi connectivity index (χ3v) is 9.45. The van der Waals surface area contributed by atoms with Gasteiger partial charge in [-0.3, -0.25) is 4.79 Å². The first-order valence-electron chi connectivity index (χ1n) is 11.3. The Kier molecular flexibility index (Phi) is 7.48. The molecule has 0 bridgehead atoms. The Morgan fingerprint density at radius 1 is 1.12 bits per heavy atom. The Hall–Kier alpha value is -1.97. The average molecular weight is 478 g/mol. The smallest absolute Gasteiger partial charge is 0.270 e. The van der Waals surface area contributed by atoms with Gasteiger partial charge in [0.2, 0.25) is 10.0 Å². The second kappa shape index (κ2) is 10.3. The monoisotopic (exact) mass is 477 g/mol. The first-order valence-corrected chi connectivity index (χ1v) is 13.7. The molecule has 1 aliphatic heterocycles. The Bertz CT molecular complexity index is 1010. The van der Waals surface area contributed by atoms with Crippen LogP contribution in [-0.2, 0) is 10.0 Å². The summed E-state index contributed by atoms with van der Waals surface area (Å²) in [7, 11) is -1.97. The number of nitrogens with zero attached hydrogens (tertiary/aromatic N) is 2. The maximum absolute atomic E-state index is 12.9. The minimum absolute atomic E-state index is 0.0995. The van der Waals surface area contributed by atoms with Gasteiger partial charge in [-0.15, -0.1) is 11.3 Å². The number of sulfonamides is 1. The molecule has 2 aliphatic rings. The van der Waals surface area contributed by atoms with Crippen LogP contribution in [0.4, 0.5) is 0 Å². The summed E-state index contributed by atoms with van der Waals surface area (Å²) < 4.78 is 32.5.